The van der Waals surface area contributed by atoms with Crippen molar-refractivity contribution in [2.24, 2.45) is 0 Å². The summed E-state index contributed by atoms with van der Waals surface area (Å²) in [5.74, 6) is -1.37. The van der Waals surface area contributed by atoms with Crippen molar-refractivity contribution < 1.29 is 13.2 Å². The number of nitrogens with zero attached hydrogens (tertiary/aromatic N) is 4. The van der Waals surface area contributed by atoms with E-state index in [-0.39, 0.29) is 22.3 Å². The average Bonchev–Trinajstić information content (AvgIpc) is 2.88. The maximum Gasteiger partial charge on any atom is 0.212 e. The second-order valence-corrected chi connectivity index (χ2v) is 8.30. The van der Waals surface area contributed by atoms with E-state index >= 15 is 0 Å². The third-order valence-electron chi connectivity index (χ3n) is 4.79. The molecule has 0 aliphatic heterocycles. The van der Waals surface area contributed by atoms with Gasteiger partial charge in [0.05, 0.1) is 34.3 Å². The van der Waals surface area contributed by atoms with E-state index in [4.69, 9.17) is 33.7 Å². The van der Waals surface area contributed by atoms with Crippen molar-refractivity contribution >= 4 is 23.2 Å². The Labute approximate surface area is 223 Å². The van der Waals surface area contributed by atoms with Crippen molar-refractivity contribution in [3.05, 3.63) is 129 Å². The molecule has 4 aromatic rings. The number of benzene rings is 2. The largest absolute Gasteiger partial charge is 0.260 e. The highest BCUT2D eigenvalue weighted by Crippen LogP contribution is 2.21. The molecule has 0 saturated heterocycles. The number of hydrogen-bond acceptors (Lipinski definition) is 4. The maximum atomic E-state index is 13.7. The minimum atomic E-state index is -0.546. The number of aromatic nitrogens is 2. The summed E-state index contributed by atoms with van der Waals surface area (Å²) in [5, 5.41) is 16.1. The summed E-state index contributed by atoms with van der Waals surface area (Å²) in [7, 11) is 0. The molecule has 0 unspecified atom stereocenters. The molecule has 0 atom stereocenters. The summed E-state index contributed by atoms with van der Waals surface area (Å²) in [6.45, 7) is 1.43. The molecule has 2 heterocycles. The zero-order valence-electron chi connectivity index (χ0n) is 19.7. The number of pyridine rings is 2. The van der Waals surface area contributed by atoms with Crippen LogP contribution in [0.2, 0.25) is 10.0 Å². The summed E-state index contributed by atoms with van der Waals surface area (Å²) in [6, 6.07) is 20.0. The lowest BCUT2D eigenvalue weighted by Gasteiger charge is -2.05. The molecular formula is C28H21Cl2F3N4. The van der Waals surface area contributed by atoms with Crippen molar-refractivity contribution in [1.82, 2.24) is 9.97 Å². The molecule has 0 aliphatic rings. The summed E-state index contributed by atoms with van der Waals surface area (Å²) >= 11 is 11.4. The molecule has 2 aromatic carbocycles. The molecule has 0 saturated carbocycles. The first-order valence-corrected chi connectivity index (χ1v) is 11.6. The molecule has 9 heteroatoms. The predicted molar refractivity (Wildman–Crippen MR) is 137 cm³/mol. The fourth-order valence-electron chi connectivity index (χ4n) is 3.07. The van der Waals surface area contributed by atoms with Crippen molar-refractivity contribution in [2.45, 2.75) is 26.2 Å². The molecule has 0 amide bonds. The molecule has 4 nitrogen and oxygen atoms in total. The molecule has 4 rings (SSSR count). The van der Waals surface area contributed by atoms with Crippen LogP contribution < -0.4 is 0 Å². The van der Waals surface area contributed by atoms with Crippen molar-refractivity contribution in [3.8, 4) is 12.1 Å². The molecule has 0 radical (unpaired) electrons. The lowest BCUT2D eigenvalue weighted by atomic mass is 10.1. The topological polar surface area (TPSA) is 73.4 Å². The van der Waals surface area contributed by atoms with Crippen LogP contribution in [-0.2, 0) is 19.3 Å². The molecule has 0 fully saturated rings. The summed E-state index contributed by atoms with van der Waals surface area (Å²) < 4.78 is 39.8. The van der Waals surface area contributed by atoms with E-state index in [1.54, 1.807) is 48.7 Å². The van der Waals surface area contributed by atoms with Crippen LogP contribution >= 0.6 is 23.2 Å². The number of nitriles is 2. The Morgan fingerprint density at radius 1 is 0.730 bits per heavy atom. The van der Waals surface area contributed by atoms with Gasteiger partial charge in [-0.15, -0.1) is 0 Å². The van der Waals surface area contributed by atoms with Crippen LogP contribution in [-0.4, -0.2) is 9.97 Å². The Bertz CT molecular complexity index is 1380. The van der Waals surface area contributed by atoms with Crippen LogP contribution in [0.3, 0.4) is 0 Å². The van der Waals surface area contributed by atoms with E-state index in [1.165, 1.54) is 31.3 Å². The van der Waals surface area contributed by atoms with Crippen LogP contribution in [0.5, 0.6) is 0 Å². The van der Waals surface area contributed by atoms with Crippen LogP contribution in [0.4, 0.5) is 13.2 Å². The van der Waals surface area contributed by atoms with Crippen LogP contribution in [0, 0.1) is 40.2 Å². The number of hydrogen-bond donors (Lipinski definition) is 0. The van der Waals surface area contributed by atoms with Gasteiger partial charge in [0.15, 0.2) is 0 Å². The molecule has 0 N–H and O–H groups in total. The zero-order valence-corrected chi connectivity index (χ0v) is 21.2. The van der Waals surface area contributed by atoms with E-state index in [9.17, 15) is 13.2 Å². The first-order chi connectivity index (χ1) is 17.8. The molecule has 188 valence electrons. The summed E-state index contributed by atoms with van der Waals surface area (Å²) in [4.78, 5) is 7.64. The van der Waals surface area contributed by atoms with Crippen LogP contribution in [0.25, 0.3) is 0 Å². The van der Waals surface area contributed by atoms with Gasteiger partial charge in [0.1, 0.15) is 11.6 Å². The van der Waals surface area contributed by atoms with Gasteiger partial charge in [-0.25, -0.2) is 13.8 Å². The van der Waals surface area contributed by atoms with Crippen molar-refractivity contribution in [1.29, 1.82) is 10.5 Å². The first-order valence-electron chi connectivity index (χ1n) is 10.9. The summed E-state index contributed by atoms with van der Waals surface area (Å²) in [5.41, 5.74) is 3.35. The minimum Gasteiger partial charge on any atom is -0.260 e. The normalized spacial score (nSPS) is 9.62. The monoisotopic (exact) mass is 540 g/mol. The van der Waals surface area contributed by atoms with Gasteiger partial charge in [-0.1, -0.05) is 59.6 Å². The van der Waals surface area contributed by atoms with E-state index in [2.05, 4.69) is 9.97 Å². The Balaban J connectivity index is 0.000000237. The van der Waals surface area contributed by atoms with E-state index in [1.807, 2.05) is 12.1 Å². The van der Waals surface area contributed by atoms with Gasteiger partial charge in [0, 0.05) is 32.2 Å². The molecule has 2 aromatic heterocycles. The SMILES string of the molecule is CC#N.Fc1ccc(Cc2cccc(Cl)c2F)cn1.N#CCc1ccc(Cc2cccc(Cl)c2F)cn1. The van der Waals surface area contributed by atoms with E-state index in [0.29, 0.717) is 29.7 Å². The standard InChI is InChI=1S/C14H10ClFN2.C12H8ClF2N.C2H3N/c15-13-3-1-2-11(14(13)16)8-10-4-5-12(6-7-17)18-9-10;13-10-3-1-2-9(12(10)15)6-8-4-5-11(14)16-7-8;1-2-3/h1-5,9H,6,8H2;1-5,7H,6H2;1H3. The summed E-state index contributed by atoms with van der Waals surface area (Å²) in [6.07, 6.45) is 4.11. The molecule has 37 heavy (non-hydrogen) atoms. The maximum absolute atomic E-state index is 13.7. The fourth-order valence-corrected chi connectivity index (χ4v) is 3.45. The quantitative estimate of drug-likeness (QED) is 0.243. The molecular weight excluding hydrogens is 520 g/mol. The molecule has 0 aliphatic carbocycles. The lowest BCUT2D eigenvalue weighted by Crippen LogP contribution is -1.95. The fraction of sp³-hybridized carbons (Fsp3) is 0.143. The van der Waals surface area contributed by atoms with Crippen LogP contribution in [0.1, 0.15) is 34.9 Å². The van der Waals surface area contributed by atoms with Crippen molar-refractivity contribution in [2.75, 3.05) is 0 Å². The van der Waals surface area contributed by atoms with Gasteiger partial charge in [-0.2, -0.15) is 14.9 Å². The Morgan fingerprint density at radius 3 is 1.62 bits per heavy atom. The third-order valence-corrected chi connectivity index (χ3v) is 5.37. The smallest absolute Gasteiger partial charge is 0.212 e. The third kappa shape index (κ3) is 9.57. The molecule has 0 spiro atoms. The van der Waals surface area contributed by atoms with Crippen LogP contribution in [0.15, 0.2) is 73.1 Å². The van der Waals surface area contributed by atoms with Gasteiger partial charge < -0.3 is 0 Å². The highest BCUT2D eigenvalue weighted by atomic mass is 35.5. The second-order valence-electron chi connectivity index (χ2n) is 7.48. The van der Waals surface area contributed by atoms with Crippen molar-refractivity contribution in [3.63, 3.8) is 0 Å². The molecule has 0 bridgehead atoms. The second kappa shape index (κ2) is 15.3. The Hall–Kier alpha value is -3.91. The van der Waals surface area contributed by atoms with Gasteiger partial charge >= 0.3 is 0 Å². The van der Waals surface area contributed by atoms with Gasteiger partial charge in [-0.05, 0) is 46.5 Å². The van der Waals surface area contributed by atoms with Gasteiger partial charge in [-0.3, -0.25) is 4.98 Å². The number of halogens is 5. The first kappa shape index (κ1) is 29.3. The van der Waals surface area contributed by atoms with E-state index in [0.717, 1.165) is 11.1 Å². The average molecular weight is 541 g/mol. The van der Waals surface area contributed by atoms with Gasteiger partial charge in [0.25, 0.3) is 0 Å². The zero-order chi connectivity index (χ0) is 27.2. The highest BCUT2D eigenvalue weighted by Gasteiger charge is 2.08. The number of rotatable bonds is 5. The van der Waals surface area contributed by atoms with Gasteiger partial charge in [0.2, 0.25) is 5.95 Å². The Kier molecular flexibility index (Phi) is 12.1. The Morgan fingerprint density at radius 2 is 1.22 bits per heavy atom. The lowest BCUT2D eigenvalue weighted by molar-refractivity contribution is 0.582. The minimum absolute atomic E-state index is 0.0903. The highest BCUT2D eigenvalue weighted by molar-refractivity contribution is 6.31. The predicted octanol–water partition coefficient (Wildman–Crippen LogP) is 7.66. The van der Waals surface area contributed by atoms with E-state index < -0.39 is 11.8 Å².